The quantitative estimate of drug-likeness (QED) is 0.358. The van der Waals surface area contributed by atoms with Crippen molar-refractivity contribution in [2.45, 2.75) is 69.4 Å². The van der Waals surface area contributed by atoms with Crippen LogP contribution in [0, 0.1) is 23.2 Å². The molecule has 232 valence electrons. The number of ether oxygens (including phenoxy) is 1. The lowest BCUT2D eigenvalue weighted by Gasteiger charge is -2.59. The maximum absolute atomic E-state index is 13.2. The summed E-state index contributed by atoms with van der Waals surface area (Å²) in [7, 11) is -0.314. The fourth-order valence-corrected chi connectivity index (χ4v) is 9.36. The first-order chi connectivity index (χ1) is 20.5. The highest BCUT2D eigenvalue weighted by atomic mass is 32.2. The Balaban J connectivity index is 0.000000682. The van der Waals surface area contributed by atoms with E-state index in [1.165, 1.54) is 77.6 Å². The van der Waals surface area contributed by atoms with Crippen molar-refractivity contribution in [3.8, 4) is 0 Å². The van der Waals surface area contributed by atoms with Gasteiger partial charge in [0.1, 0.15) is 0 Å². The van der Waals surface area contributed by atoms with Crippen molar-refractivity contribution >= 4 is 28.3 Å². The van der Waals surface area contributed by atoms with Gasteiger partial charge in [0.15, 0.2) is 6.61 Å². The summed E-state index contributed by atoms with van der Waals surface area (Å²) in [5, 5.41) is 3.12. The molecule has 0 aromatic heterocycles. The molecule has 1 heterocycles. The van der Waals surface area contributed by atoms with Gasteiger partial charge in [-0.15, -0.1) is 0 Å². The second-order valence-corrected chi connectivity index (χ2v) is 15.0. The molecular formula is C33H43N3O6S. The van der Waals surface area contributed by atoms with Crippen molar-refractivity contribution < 1.29 is 27.5 Å². The minimum atomic E-state index is -3.69. The van der Waals surface area contributed by atoms with Crippen LogP contribution < -0.4 is 5.32 Å². The lowest BCUT2D eigenvalue weighted by Crippen LogP contribution is -2.56. The first kappa shape index (κ1) is 31.2. The zero-order valence-corrected chi connectivity index (χ0v) is 26.1. The minimum Gasteiger partial charge on any atom is -0.452 e. The van der Waals surface area contributed by atoms with E-state index >= 15 is 0 Å². The normalized spacial score (nSPS) is 26.3. The molecule has 0 saturated heterocycles. The van der Waals surface area contributed by atoms with Crippen LogP contribution in [0.1, 0.15) is 66.9 Å². The Bertz CT molecular complexity index is 1400. The third-order valence-electron chi connectivity index (χ3n) is 9.75. The average Bonchev–Trinajstić information content (AvgIpc) is 2.99. The Hall–Kier alpha value is -3.24. The highest BCUT2D eigenvalue weighted by molar-refractivity contribution is 7.89. The van der Waals surface area contributed by atoms with Gasteiger partial charge in [-0.2, -0.15) is 4.31 Å². The van der Waals surface area contributed by atoms with Gasteiger partial charge in [0.2, 0.25) is 16.4 Å². The molecule has 0 spiro atoms. The van der Waals surface area contributed by atoms with Gasteiger partial charge >= 0.3 is 5.97 Å². The summed E-state index contributed by atoms with van der Waals surface area (Å²) in [6.07, 6.45) is 9.05. The largest absolute Gasteiger partial charge is 0.452 e. The number of nitrogens with zero attached hydrogens (tertiary/aromatic N) is 2. The van der Waals surface area contributed by atoms with Crippen molar-refractivity contribution in [2.24, 2.45) is 23.2 Å². The Labute approximate surface area is 255 Å². The summed E-state index contributed by atoms with van der Waals surface area (Å²) >= 11 is 0. The summed E-state index contributed by atoms with van der Waals surface area (Å²) in [5.74, 6) is 1.48. The summed E-state index contributed by atoms with van der Waals surface area (Å²) in [5.41, 5.74) is 2.59. The smallest absolute Gasteiger partial charge is 0.338 e. The predicted octanol–water partition coefficient (Wildman–Crippen LogP) is 4.02. The summed E-state index contributed by atoms with van der Waals surface area (Å²) in [6, 6.07) is 13.7. The van der Waals surface area contributed by atoms with Crippen LogP contribution in [-0.4, -0.2) is 69.2 Å². The van der Waals surface area contributed by atoms with Crippen molar-refractivity contribution in [1.29, 1.82) is 0 Å². The SMILES string of the molecule is CC(NC(=O)COC(=O)c1ccc(S(=O)(=O)N2CCc3ccccc3C2)cc1)C12CC3CC(CC(C3)C1)C2.CN(C)C=O. The number of benzene rings is 2. The van der Waals surface area contributed by atoms with Gasteiger partial charge in [0, 0.05) is 33.2 Å². The van der Waals surface area contributed by atoms with Gasteiger partial charge in [-0.25, -0.2) is 13.2 Å². The molecule has 2 aromatic carbocycles. The van der Waals surface area contributed by atoms with E-state index in [-0.39, 0.29) is 34.4 Å². The van der Waals surface area contributed by atoms with Crippen LogP contribution in [-0.2, 0) is 37.3 Å². The fraction of sp³-hybridized carbons (Fsp3) is 0.545. The molecule has 1 N–H and O–H groups in total. The Kier molecular flexibility index (Phi) is 9.27. The van der Waals surface area contributed by atoms with Crippen LogP contribution in [0.3, 0.4) is 0 Å². The van der Waals surface area contributed by atoms with E-state index in [9.17, 15) is 22.8 Å². The molecule has 1 atom stereocenters. The fourth-order valence-electron chi connectivity index (χ4n) is 7.95. The number of fused-ring (bicyclic) bond motifs is 1. The zero-order valence-electron chi connectivity index (χ0n) is 25.3. The van der Waals surface area contributed by atoms with Crippen molar-refractivity contribution in [3.63, 3.8) is 0 Å². The molecule has 0 radical (unpaired) electrons. The number of hydrogen-bond donors (Lipinski definition) is 1. The molecule has 2 aromatic rings. The number of hydrogen-bond acceptors (Lipinski definition) is 6. The summed E-state index contributed by atoms with van der Waals surface area (Å²) in [6.45, 7) is 2.51. The third kappa shape index (κ3) is 6.96. The maximum Gasteiger partial charge on any atom is 0.338 e. The van der Waals surface area contributed by atoms with Crippen LogP contribution in [0.15, 0.2) is 53.4 Å². The van der Waals surface area contributed by atoms with Gasteiger partial charge in [0.05, 0.1) is 10.5 Å². The number of sulfonamides is 1. The van der Waals surface area contributed by atoms with Crippen LogP contribution in [0.25, 0.3) is 0 Å². The van der Waals surface area contributed by atoms with Crippen molar-refractivity contribution in [2.75, 3.05) is 27.2 Å². The lowest BCUT2D eigenvalue weighted by atomic mass is 9.48. The molecule has 5 aliphatic rings. The van der Waals surface area contributed by atoms with Gasteiger partial charge in [0.25, 0.3) is 5.91 Å². The first-order valence-corrected chi connectivity index (χ1v) is 16.7. The second kappa shape index (κ2) is 12.8. The first-order valence-electron chi connectivity index (χ1n) is 15.2. The summed E-state index contributed by atoms with van der Waals surface area (Å²) < 4.78 is 33.1. The van der Waals surface area contributed by atoms with E-state index in [2.05, 4.69) is 12.2 Å². The standard InChI is InChI=1S/C30H36N2O5S.C3H7NO/c1-20(30-15-21-12-22(16-30)14-23(13-21)17-30)31-28(33)19-37-29(34)25-6-8-27(9-7-25)38(35,36)32-11-10-24-4-2-3-5-26(24)18-32;1-4(2)3-5/h2-9,20-23H,10-19H2,1H3,(H,31,33);3H,1-2H3. The molecule has 1 aliphatic heterocycles. The number of carbonyl (C=O) groups excluding carboxylic acids is 3. The Morgan fingerprint density at radius 2 is 1.56 bits per heavy atom. The zero-order chi connectivity index (χ0) is 30.8. The molecule has 1 unspecified atom stereocenters. The van der Waals surface area contributed by atoms with E-state index in [4.69, 9.17) is 4.74 Å². The van der Waals surface area contributed by atoms with Crippen LogP contribution in [0.2, 0.25) is 0 Å². The molecule has 9 nitrogen and oxygen atoms in total. The number of carbonyl (C=O) groups is 3. The van der Waals surface area contributed by atoms with Crippen molar-refractivity contribution in [1.82, 2.24) is 14.5 Å². The molecular weight excluding hydrogens is 566 g/mol. The molecule has 4 fully saturated rings. The van der Waals surface area contributed by atoms with Gasteiger partial charge in [-0.05, 0) is 110 Å². The predicted molar refractivity (Wildman–Crippen MR) is 162 cm³/mol. The maximum atomic E-state index is 13.2. The average molecular weight is 610 g/mol. The number of nitrogens with one attached hydrogen (secondary N) is 1. The van der Waals surface area contributed by atoms with E-state index in [0.29, 0.717) is 19.5 Å². The highest BCUT2D eigenvalue weighted by Crippen LogP contribution is 2.61. The second-order valence-electron chi connectivity index (χ2n) is 13.1. The molecule has 2 amide bonds. The number of rotatable bonds is 8. The molecule has 4 saturated carbocycles. The minimum absolute atomic E-state index is 0.0633. The van der Waals surface area contributed by atoms with E-state index in [1.54, 1.807) is 14.1 Å². The Morgan fingerprint density at radius 1 is 1.00 bits per heavy atom. The highest BCUT2D eigenvalue weighted by Gasteiger charge is 2.53. The molecule has 7 rings (SSSR count). The Morgan fingerprint density at radius 3 is 2.12 bits per heavy atom. The lowest BCUT2D eigenvalue weighted by molar-refractivity contribution is -0.128. The molecule has 10 heteroatoms. The molecule has 43 heavy (non-hydrogen) atoms. The third-order valence-corrected chi connectivity index (χ3v) is 11.6. The number of esters is 1. The van der Waals surface area contributed by atoms with Crippen LogP contribution >= 0.6 is 0 Å². The van der Waals surface area contributed by atoms with Gasteiger partial charge < -0.3 is 15.0 Å². The van der Waals surface area contributed by atoms with Gasteiger partial charge in [-0.3, -0.25) is 9.59 Å². The topological polar surface area (TPSA) is 113 Å². The van der Waals surface area contributed by atoms with E-state index in [0.717, 1.165) is 29.7 Å². The van der Waals surface area contributed by atoms with Crippen LogP contribution in [0.5, 0.6) is 0 Å². The van der Waals surface area contributed by atoms with E-state index in [1.807, 2.05) is 24.3 Å². The van der Waals surface area contributed by atoms with Gasteiger partial charge in [-0.1, -0.05) is 24.3 Å². The van der Waals surface area contributed by atoms with Crippen LogP contribution in [0.4, 0.5) is 0 Å². The molecule has 4 aliphatic carbocycles. The monoisotopic (exact) mass is 609 g/mol. The summed E-state index contributed by atoms with van der Waals surface area (Å²) in [4.78, 5) is 36.3. The van der Waals surface area contributed by atoms with E-state index < -0.39 is 16.0 Å². The molecule has 4 bridgehead atoms. The number of amides is 2. The van der Waals surface area contributed by atoms with Crippen molar-refractivity contribution in [3.05, 3.63) is 65.2 Å².